The Morgan fingerprint density at radius 3 is 2.65 bits per heavy atom. The van der Waals surface area contributed by atoms with Crippen LogP contribution in [0.4, 0.5) is 14.5 Å². The fourth-order valence-electron chi connectivity index (χ4n) is 1.20. The summed E-state index contributed by atoms with van der Waals surface area (Å²) in [7, 11) is 3.19. The largest absolute Gasteiger partial charge is 0.485 e. The summed E-state index contributed by atoms with van der Waals surface area (Å²) in [4.78, 5) is 13.0. The molecular weight excluding hydrogens is 230 g/mol. The molecule has 94 valence electrons. The van der Waals surface area contributed by atoms with E-state index in [9.17, 15) is 13.6 Å². The molecule has 0 atom stereocenters. The monoisotopic (exact) mass is 244 g/mol. The second-order valence-electron chi connectivity index (χ2n) is 3.65. The lowest BCUT2D eigenvalue weighted by molar-refractivity contribution is 0.0812. The van der Waals surface area contributed by atoms with Crippen molar-refractivity contribution < 1.29 is 18.3 Å². The molecule has 0 saturated carbocycles. The van der Waals surface area contributed by atoms with Gasteiger partial charge in [0.25, 0.3) is 12.3 Å². The number of ether oxygens (including phenoxy) is 1. The Morgan fingerprint density at radius 2 is 2.12 bits per heavy atom. The Morgan fingerprint density at radius 1 is 1.47 bits per heavy atom. The maximum atomic E-state index is 12.0. The van der Waals surface area contributed by atoms with E-state index in [-0.39, 0.29) is 17.3 Å². The number of nitrogens with zero attached hydrogens (tertiary/aromatic N) is 1. The summed E-state index contributed by atoms with van der Waals surface area (Å²) >= 11 is 0. The molecule has 4 nitrogen and oxygen atoms in total. The van der Waals surface area contributed by atoms with Crippen molar-refractivity contribution in [3.8, 4) is 5.75 Å². The minimum absolute atomic E-state index is 0.0954. The minimum Gasteiger partial charge on any atom is -0.485 e. The quantitative estimate of drug-likeness (QED) is 0.819. The smallest absolute Gasteiger partial charge is 0.272 e. The highest BCUT2D eigenvalue weighted by Crippen LogP contribution is 2.23. The van der Waals surface area contributed by atoms with Crippen molar-refractivity contribution in [3.63, 3.8) is 0 Å². The molecule has 1 amide bonds. The van der Waals surface area contributed by atoms with Crippen molar-refractivity contribution in [2.75, 3.05) is 26.4 Å². The lowest BCUT2D eigenvalue weighted by Gasteiger charge is -2.13. The van der Waals surface area contributed by atoms with Crippen LogP contribution in [0.15, 0.2) is 18.2 Å². The van der Waals surface area contributed by atoms with Gasteiger partial charge in [-0.3, -0.25) is 4.79 Å². The lowest BCUT2D eigenvalue weighted by Crippen LogP contribution is -2.21. The molecule has 0 unspecified atom stereocenters. The highest BCUT2D eigenvalue weighted by atomic mass is 19.3. The van der Waals surface area contributed by atoms with E-state index >= 15 is 0 Å². The summed E-state index contributed by atoms with van der Waals surface area (Å²) in [5, 5.41) is 0. The molecule has 0 aliphatic heterocycles. The number of carbonyl (C=O) groups is 1. The van der Waals surface area contributed by atoms with E-state index < -0.39 is 13.0 Å². The van der Waals surface area contributed by atoms with Crippen LogP contribution in [0.2, 0.25) is 0 Å². The van der Waals surface area contributed by atoms with E-state index in [2.05, 4.69) is 0 Å². The number of carbonyl (C=O) groups excluding carboxylic acids is 1. The Bertz CT molecular complexity index is 408. The number of anilines is 1. The van der Waals surface area contributed by atoms with Crippen LogP contribution >= 0.6 is 0 Å². The number of alkyl halides is 2. The van der Waals surface area contributed by atoms with Crippen LogP contribution in [0.3, 0.4) is 0 Å². The Hall–Kier alpha value is -1.85. The molecule has 0 saturated heterocycles. The van der Waals surface area contributed by atoms with Gasteiger partial charge in [0, 0.05) is 19.7 Å². The third-order valence-corrected chi connectivity index (χ3v) is 2.03. The summed E-state index contributed by atoms with van der Waals surface area (Å²) < 4.78 is 28.8. The van der Waals surface area contributed by atoms with Gasteiger partial charge in [0.1, 0.15) is 12.4 Å². The third kappa shape index (κ3) is 3.58. The first kappa shape index (κ1) is 13.2. The van der Waals surface area contributed by atoms with Gasteiger partial charge in [0.05, 0.1) is 5.69 Å². The van der Waals surface area contributed by atoms with Crippen molar-refractivity contribution >= 4 is 11.6 Å². The maximum Gasteiger partial charge on any atom is 0.272 e. The molecular formula is C11H14F2N2O2. The molecule has 0 aromatic heterocycles. The summed E-state index contributed by atoms with van der Waals surface area (Å²) in [6.07, 6.45) is -2.58. The second kappa shape index (κ2) is 5.47. The van der Waals surface area contributed by atoms with Crippen molar-refractivity contribution in [2.24, 2.45) is 0 Å². The molecule has 2 N–H and O–H groups in total. The lowest BCUT2D eigenvalue weighted by atomic mass is 10.1. The molecule has 0 heterocycles. The van der Waals surface area contributed by atoms with Crippen LogP contribution < -0.4 is 10.5 Å². The molecule has 0 aliphatic rings. The number of hydrogen-bond donors (Lipinski definition) is 1. The first-order valence-corrected chi connectivity index (χ1v) is 4.94. The first-order chi connectivity index (χ1) is 7.91. The van der Waals surface area contributed by atoms with Gasteiger partial charge in [-0.15, -0.1) is 0 Å². The average molecular weight is 244 g/mol. The van der Waals surface area contributed by atoms with Crippen LogP contribution in [0.1, 0.15) is 10.4 Å². The van der Waals surface area contributed by atoms with E-state index in [0.717, 1.165) is 0 Å². The van der Waals surface area contributed by atoms with Gasteiger partial charge in [-0.25, -0.2) is 8.78 Å². The van der Waals surface area contributed by atoms with Crippen LogP contribution in [-0.2, 0) is 0 Å². The average Bonchev–Trinajstić information content (AvgIpc) is 2.26. The molecule has 17 heavy (non-hydrogen) atoms. The molecule has 0 spiro atoms. The SMILES string of the molecule is CN(C)C(=O)c1ccc(N)c(OCC(F)F)c1. The maximum absolute atomic E-state index is 12.0. The highest BCUT2D eigenvalue weighted by molar-refractivity contribution is 5.94. The fourth-order valence-corrected chi connectivity index (χ4v) is 1.20. The minimum atomic E-state index is -2.58. The summed E-state index contributed by atoms with van der Waals surface area (Å²) in [6.45, 7) is -0.746. The van der Waals surface area contributed by atoms with Crippen molar-refractivity contribution in [2.45, 2.75) is 6.43 Å². The van der Waals surface area contributed by atoms with Crippen molar-refractivity contribution in [1.29, 1.82) is 0 Å². The van der Waals surface area contributed by atoms with Crippen molar-refractivity contribution in [1.82, 2.24) is 4.90 Å². The number of rotatable bonds is 4. The van der Waals surface area contributed by atoms with Gasteiger partial charge in [-0.05, 0) is 18.2 Å². The zero-order valence-corrected chi connectivity index (χ0v) is 9.61. The predicted molar refractivity (Wildman–Crippen MR) is 60.4 cm³/mol. The Labute approximate surface area is 98.0 Å². The number of benzene rings is 1. The molecule has 6 heteroatoms. The van der Waals surface area contributed by atoms with Crippen LogP contribution in [0.5, 0.6) is 5.75 Å². The Kier molecular flexibility index (Phi) is 4.25. The van der Waals surface area contributed by atoms with Crippen molar-refractivity contribution in [3.05, 3.63) is 23.8 Å². The molecule has 0 radical (unpaired) electrons. The number of nitrogens with two attached hydrogens (primary N) is 1. The van der Waals surface area contributed by atoms with Gasteiger partial charge in [-0.1, -0.05) is 0 Å². The predicted octanol–water partition coefficient (Wildman–Crippen LogP) is 1.61. The van der Waals surface area contributed by atoms with Gasteiger partial charge >= 0.3 is 0 Å². The molecule has 0 bridgehead atoms. The Balaban J connectivity index is 2.90. The normalized spacial score (nSPS) is 10.4. The first-order valence-electron chi connectivity index (χ1n) is 4.94. The van der Waals surface area contributed by atoms with E-state index in [1.54, 1.807) is 14.1 Å². The number of hydrogen-bond acceptors (Lipinski definition) is 3. The van der Waals surface area contributed by atoms with Crippen LogP contribution in [-0.4, -0.2) is 37.9 Å². The topological polar surface area (TPSA) is 55.6 Å². The highest BCUT2D eigenvalue weighted by Gasteiger charge is 2.12. The van der Waals surface area contributed by atoms with Gasteiger partial charge in [0.2, 0.25) is 0 Å². The van der Waals surface area contributed by atoms with Gasteiger partial charge in [-0.2, -0.15) is 0 Å². The number of halogens is 2. The molecule has 0 fully saturated rings. The second-order valence-corrected chi connectivity index (χ2v) is 3.65. The zero-order valence-electron chi connectivity index (χ0n) is 9.61. The fraction of sp³-hybridized carbons (Fsp3) is 0.364. The van der Waals surface area contributed by atoms with E-state index in [4.69, 9.17) is 10.5 Å². The van der Waals surface area contributed by atoms with E-state index in [1.165, 1.54) is 23.1 Å². The molecule has 1 aromatic rings. The molecule has 1 aromatic carbocycles. The van der Waals surface area contributed by atoms with Gasteiger partial charge in [0.15, 0.2) is 0 Å². The summed E-state index contributed by atoms with van der Waals surface area (Å²) in [5.74, 6) is -0.148. The van der Waals surface area contributed by atoms with Crippen LogP contribution in [0, 0.1) is 0 Å². The van der Waals surface area contributed by atoms with E-state index in [0.29, 0.717) is 5.56 Å². The summed E-state index contributed by atoms with van der Waals surface area (Å²) in [6, 6.07) is 4.34. The molecule has 1 rings (SSSR count). The number of nitrogen functional groups attached to an aromatic ring is 1. The third-order valence-electron chi connectivity index (χ3n) is 2.03. The molecule has 0 aliphatic carbocycles. The van der Waals surface area contributed by atoms with Crippen LogP contribution in [0.25, 0.3) is 0 Å². The van der Waals surface area contributed by atoms with Gasteiger partial charge < -0.3 is 15.4 Å². The summed E-state index contributed by atoms with van der Waals surface area (Å²) in [5.41, 5.74) is 6.12. The standard InChI is InChI=1S/C11H14F2N2O2/c1-15(2)11(16)7-3-4-8(14)9(5-7)17-6-10(12)13/h3-5,10H,6,14H2,1-2H3. The van der Waals surface area contributed by atoms with E-state index in [1.807, 2.05) is 0 Å². The number of amides is 1. The zero-order chi connectivity index (χ0) is 13.0.